The highest BCUT2D eigenvalue weighted by molar-refractivity contribution is 6.24. The van der Waals surface area contributed by atoms with Crippen LogP contribution in [0, 0.1) is 0 Å². The fraction of sp³-hybridized carbons (Fsp3) is 0.0800. The van der Waals surface area contributed by atoms with E-state index in [9.17, 15) is 18.0 Å². The van der Waals surface area contributed by atoms with Gasteiger partial charge in [-0.05, 0) is 47.0 Å². The third-order valence-electron chi connectivity index (χ3n) is 5.50. The highest BCUT2D eigenvalue weighted by atomic mass is 19.4. The lowest BCUT2D eigenvalue weighted by atomic mass is 9.90. The van der Waals surface area contributed by atoms with E-state index in [0.717, 1.165) is 29.0 Å². The number of fused-ring (bicyclic) bond motifs is 1. The van der Waals surface area contributed by atoms with Gasteiger partial charge in [0.05, 0.1) is 35.2 Å². The van der Waals surface area contributed by atoms with E-state index >= 15 is 0 Å². The largest absolute Gasteiger partial charge is 0.416 e. The summed E-state index contributed by atoms with van der Waals surface area (Å²) in [4.78, 5) is 24.6. The molecule has 4 aromatic rings. The number of hydrogen-bond acceptors (Lipinski definition) is 3. The van der Waals surface area contributed by atoms with E-state index in [2.05, 4.69) is 15.3 Å². The van der Waals surface area contributed by atoms with Gasteiger partial charge < -0.3 is 10.3 Å². The number of imidazole rings is 1. The van der Waals surface area contributed by atoms with Gasteiger partial charge in [0.1, 0.15) is 5.92 Å². The lowest BCUT2D eigenvalue weighted by molar-refractivity contribution is -0.137. The van der Waals surface area contributed by atoms with Crippen LogP contribution in [0.2, 0.25) is 0 Å². The molecule has 164 valence electrons. The number of hydrogen-bond donors (Lipinski definition) is 2. The van der Waals surface area contributed by atoms with Crippen LogP contribution in [0.5, 0.6) is 0 Å². The van der Waals surface area contributed by atoms with Crippen molar-refractivity contribution in [1.29, 1.82) is 0 Å². The number of aromatic amines is 1. The zero-order chi connectivity index (χ0) is 23.0. The number of halogens is 3. The van der Waals surface area contributed by atoms with E-state index in [1.54, 1.807) is 30.7 Å². The van der Waals surface area contributed by atoms with Crippen molar-refractivity contribution in [3.8, 4) is 11.3 Å². The SMILES string of the molecule is O=C1Nc2ccccc2C1C(=Nc1ccc(-c2cnc[nH]2)cc1)c1ccc(C(F)(F)F)cc1. The minimum Gasteiger partial charge on any atom is -0.345 e. The Labute approximate surface area is 187 Å². The highest BCUT2D eigenvalue weighted by Crippen LogP contribution is 2.37. The zero-order valence-corrected chi connectivity index (χ0v) is 17.1. The molecule has 0 bridgehead atoms. The minimum absolute atomic E-state index is 0.274. The fourth-order valence-corrected chi connectivity index (χ4v) is 3.87. The minimum atomic E-state index is -4.45. The Morgan fingerprint density at radius 3 is 2.33 bits per heavy atom. The van der Waals surface area contributed by atoms with Crippen molar-refractivity contribution >= 4 is 23.0 Å². The first-order valence-electron chi connectivity index (χ1n) is 10.1. The highest BCUT2D eigenvalue weighted by Gasteiger charge is 2.36. The van der Waals surface area contributed by atoms with Crippen molar-refractivity contribution in [2.24, 2.45) is 4.99 Å². The summed E-state index contributed by atoms with van der Waals surface area (Å²) >= 11 is 0. The number of carbonyl (C=O) groups excluding carboxylic acids is 1. The molecule has 8 heteroatoms. The molecule has 5 nitrogen and oxygen atoms in total. The molecule has 3 aromatic carbocycles. The van der Waals surface area contributed by atoms with Crippen LogP contribution < -0.4 is 5.32 Å². The molecule has 0 saturated carbocycles. The molecule has 0 fully saturated rings. The van der Waals surface area contributed by atoms with Gasteiger partial charge >= 0.3 is 6.18 Å². The Bertz CT molecular complexity index is 1330. The molecule has 0 radical (unpaired) electrons. The summed E-state index contributed by atoms with van der Waals surface area (Å²) in [5.74, 6) is -1.02. The summed E-state index contributed by atoms with van der Waals surface area (Å²) < 4.78 is 39.2. The Morgan fingerprint density at radius 1 is 0.939 bits per heavy atom. The number of aliphatic imine (C=N–C) groups is 1. The second-order valence-corrected chi connectivity index (χ2v) is 7.59. The number of alkyl halides is 3. The molecule has 1 atom stereocenters. The maximum Gasteiger partial charge on any atom is 0.416 e. The summed E-state index contributed by atoms with van der Waals surface area (Å²) in [6, 6.07) is 19.3. The van der Waals surface area contributed by atoms with Crippen LogP contribution >= 0.6 is 0 Å². The average Bonchev–Trinajstić information content (AvgIpc) is 3.45. The quantitative estimate of drug-likeness (QED) is 0.380. The van der Waals surface area contributed by atoms with Gasteiger partial charge in [0, 0.05) is 5.69 Å². The Hall–Kier alpha value is -4.20. The van der Waals surface area contributed by atoms with Gasteiger partial charge in [-0.1, -0.05) is 42.5 Å². The molecule has 1 amide bonds. The molecule has 33 heavy (non-hydrogen) atoms. The Balaban J connectivity index is 1.59. The summed E-state index contributed by atoms with van der Waals surface area (Å²) in [5.41, 5.74) is 3.79. The van der Waals surface area contributed by atoms with Crippen molar-refractivity contribution in [1.82, 2.24) is 9.97 Å². The Morgan fingerprint density at radius 2 is 1.67 bits per heavy atom. The molecule has 1 aliphatic rings. The summed E-state index contributed by atoms with van der Waals surface area (Å²) in [5, 5.41) is 2.84. The van der Waals surface area contributed by atoms with Crippen LogP contribution in [-0.4, -0.2) is 21.6 Å². The zero-order valence-electron chi connectivity index (χ0n) is 17.1. The number of nitrogens with zero attached hydrogens (tertiary/aromatic N) is 2. The first-order valence-corrected chi connectivity index (χ1v) is 10.1. The molecule has 1 unspecified atom stereocenters. The van der Waals surface area contributed by atoms with Gasteiger partial charge in [-0.25, -0.2) is 4.98 Å². The molecular weight excluding hydrogens is 429 g/mol. The molecule has 2 heterocycles. The van der Waals surface area contributed by atoms with Gasteiger partial charge in [0.25, 0.3) is 0 Å². The van der Waals surface area contributed by atoms with E-state index < -0.39 is 17.7 Å². The predicted molar refractivity (Wildman–Crippen MR) is 119 cm³/mol. The smallest absolute Gasteiger partial charge is 0.345 e. The average molecular weight is 446 g/mol. The third kappa shape index (κ3) is 4.03. The van der Waals surface area contributed by atoms with Gasteiger partial charge in [-0.2, -0.15) is 13.2 Å². The molecule has 0 spiro atoms. The second-order valence-electron chi connectivity index (χ2n) is 7.59. The van der Waals surface area contributed by atoms with Crippen LogP contribution in [0.25, 0.3) is 11.3 Å². The van der Waals surface area contributed by atoms with Crippen LogP contribution in [-0.2, 0) is 11.0 Å². The monoisotopic (exact) mass is 446 g/mol. The van der Waals surface area contributed by atoms with Gasteiger partial charge in [0.2, 0.25) is 5.91 Å². The number of amides is 1. The molecular formula is C25H17F3N4O. The van der Waals surface area contributed by atoms with Crippen molar-refractivity contribution < 1.29 is 18.0 Å². The van der Waals surface area contributed by atoms with Crippen molar-refractivity contribution in [3.05, 3.63) is 102 Å². The Kier molecular flexibility index (Phi) is 5.05. The normalized spacial score (nSPS) is 15.9. The fourth-order valence-electron chi connectivity index (χ4n) is 3.87. The summed E-state index contributed by atoms with van der Waals surface area (Å²) in [6.45, 7) is 0. The number of para-hydroxylation sites is 1. The number of rotatable bonds is 4. The summed E-state index contributed by atoms with van der Waals surface area (Å²) in [7, 11) is 0. The van der Waals surface area contributed by atoms with E-state index in [-0.39, 0.29) is 5.91 Å². The van der Waals surface area contributed by atoms with Crippen molar-refractivity contribution in [2.45, 2.75) is 12.1 Å². The van der Waals surface area contributed by atoms with Gasteiger partial charge in [0.15, 0.2) is 0 Å². The van der Waals surface area contributed by atoms with Crippen LogP contribution in [0.3, 0.4) is 0 Å². The maximum absolute atomic E-state index is 13.1. The standard InChI is InChI=1S/C25H17F3N4O/c26-25(27,28)17-9-5-16(6-10-17)23(22-19-3-1-2-4-20(19)32-24(22)33)31-18-11-7-15(8-12-18)21-13-29-14-30-21/h1-14,22H,(H,29,30)(H,32,33). The first-order chi connectivity index (χ1) is 15.9. The summed E-state index contributed by atoms with van der Waals surface area (Å²) in [6.07, 6.45) is -1.17. The third-order valence-corrected chi connectivity index (χ3v) is 5.50. The van der Waals surface area contributed by atoms with Gasteiger partial charge in [-0.15, -0.1) is 0 Å². The molecule has 1 aromatic heterocycles. The second kappa shape index (κ2) is 8.05. The molecule has 0 saturated heterocycles. The van der Waals surface area contributed by atoms with Crippen molar-refractivity contribution in [3.63, 3.8) is 0 Å². The van der Waals surface area contributed by atoms with Gasteiger partial charge in [-0.3, -0.25) is 9.79 Å². The van der Waals surface area contributed by atoms with Crippen LogP contribution in [0.15, 0.2) is 90.3 Å². The predicted octanol–water partition coefficient (Wildman–Crippen LogP) is 5.95. The lowest BCUT2D eigenvalue weighted by Crippen LogP contribution is -2.22. The maximum atomic E-state index is 13.1. The number of aromatic nitrogens is 2. The lowest BCUT2D eigenvalue weighted by Gasteiger charge is -2.15. The van der Waals surface area contributed by atoms with E-state index in [1.807, 2.05) is 30.3 Å². The number of anilines is 1. The van der Waals surface area contributed by atoms with Crippen LogP contribution in [0.4, 0.5) is 24.5 Å². The molecule has 2 N–H and O–H groups in total. The molecule has 0 aliphatic carbocycles. The van der Waals surface area contributed by atoms with Crippen molar-refractivity contribution in [2.75, 3.05) is 5.32 Å². The number of H-pyrrole nitrogens is 1. The van der Waals surface area contributed by atoms with Crippen LogP contribution in [0.1, 0.15) is 22.6 Å². The topological polar surface area (TPSA) is 70.1 Å². The molecule has 5 rings (SSSR count). The van der Waals surface area contributed by atoms with E-state index in [0.29, 0.717) is 22.6 Å². The number of benzene rings is 3. The number of nitrogens with one attached hydrogen (secondary N) is 2. The molecule has 1 aliphatic heterocycles. The first kappa shape index (κ1) is 20.7. The number of carbonyl (C=O) groups is 1. The van der Waals surface area contributed by atoms with E-state index in [4.69, 9.17) is 4.99 Å². The van der Waals surface area contributed by atoms with E-state index in [1.165, 1.54) is 12.1 Å².